The van der Waals surface area contributed by atoms with E-state index in [1.807, 2.05) is 5.32 Å². The standard InChI is InChI=1S/C22H23Cl2F3N2O3/c1-19(2,3)17(31)28-21(22(25,26)27)16-14(9-20(4,5)10-15(16)30)29(18(21)32)11-6-7-12(23)13(24)8-11/h6-8H,9-10H2,1-5H3,(H,28,31). The summed E-state index contributed by atoms with van der Waals surface area (Å²) in [6.45, 7) is 7.72. The lowest BCUT2D eigenvalue weighted by atomic mass is 9.72. The number of halogens is 5. The van der Waals surface area contributed by atoms with Gasteiger partial charge in [0.05, 0.1) is 21.3 Å². The predicted octanol–water partition coefficient (Wildman–Crippen LogP) is 5.45. The summed E-state index contributed by atoms with van der Waals surface area (Å²) in [5.74, 6) is -3.32. The number of carbonyl (C=O) groups excluding carboxylic acids is 3. The van der Waals surface area contributed by atoms with E-state index in [1.54, 1.807) is 13.8 Å². The molecule has 1 aliphatic heterocycles. The smallest absolute Gasteiger partial charge is 0.330 e. The fraction of sp³-hybridized carbons (Fsp3) is 0.500. The maximum atomic E-state index is 14.7. The molecular weight excluding hydrogens is 468 g/mol. The van der Waals surface area contributed by atoms with Crippen LogP contribution in [-0.2, 0) is 14.4 Å². The van der Waals surface area contributed by atoms with Crippen LogP contribution in [0, 0.1) is 10.8 Å². The lowest BCUT2D eigenvalue weighted by Crippen LogP contribution is -2.67. The highest BCUT2D eigenvalue weighted by Gasteiger charge is 2.72. The number of allylic oxidation sites excluding steroid dienone is 1. The Kier molecular flexibility index (Phi) is 5.75. The van der Waals surface area contributed by atoms with Crippen LogP contribution in [0.3, 0.4) is 0 Å². The van der Waals surface area contributed by atoms with Gasteiger partial charge in [-0.3, -0.25) is 19.3 Å². The molecule has 3 rings (SSSR count). The average Bonchev–Trinajstić information content (AvgIpc) is 2.84. The monoisotopic (exact) mass is 490 g/mol. The number of rotatable bonds is 2. The molecule has 32 heavy (non-hydrogen) atoms. The number of anilines is 1. The topological polar surface area (TPSA) is 66.5 Å². The fourth-order valence-corrected chi connectivity index (χ4v) is 4.30. The lowest BCUT2D eigenvalue weighted by Gasteiger charge is -2.37. The molecular formula is C22H23Cl2F3N2O3. The molecule has 5 nitrogen and oxygen atoms in total. The van der Waals surface area contributed by atoms with Crippen LogP contribution in [0.5, 0.6) is 0 Å². The van der Waals surface area contributed by atoms with E-state index < -0.39 is 45.7 Å². The molecule has 0 radical (unpaired) electrons. The number of amides is 2. The maximum Gasteiger partial charge on any atom is 0.425 e. The molecule has 1 aliphatic carbocycles. The first-order valence-corrected chi connectivity index (χ1v) is 10.6. The van der Waals surface area contributed by atoms with Crippen molar-refractivity contribution in [1.82, 2.24) is 5.32 Å². The van der Waals surface area contributed by atoms with Gasteiger partial charge in [-0.1, -0.05) is 57.8 Å². The Hall–Kier alpha value is -2.06. The van der Waals surface area contributed by atoms with Gasteiger partial charge in [0.2, 0.25) is 11.4 Å². The van der Waals surface area contributed by atoms with Crippen LogP contribution >= 0.6 is 23.2 Å². The molecule has 0 saturated heterocycles. The molecule has 0 saturated carbocycles. The van der Waals surface area contributed by atoms with Gasteiger partial charge >= 0.3 is 6.18 Å². The summed E-state index contributed by atoms with van der Waals surface area (Å²) < 4.78 is 44.1. The summed E-state index contributed by atoms with van der Waals surface area (Å²) in [5.41, 5.74) is -6.24. The summed E-state index contributed by atoms with van der Waals surface area (Å²) in [6, 6.07) is 3.96. The molecule has 0 spiro atoms. The summed E-state index contributed by atoms with van der Waals surface area (Å²) in [6.07, 6.45) is -5.45. The van der Waals surface area contributed by atoms with Gasteiger partial charge in [0.25, 0.3) is 5.91 Å². The molecule has 2 amide bonds. The van der Waals surface area contributed by atoms with Crippen molar-refractivity contribution in [2.24, 2.45) is 10.8 Å². The maximum absolute atomic E-state index is 14.7. The molecule has 0 fully saturated rings. The highest BCUT2D eigenvalue weighted by molar-refractivity contribution is 6.42. The van der Waals surface area contributed by atoms with Gasteiger partial charge in [-0.15, -0.1) is 0 Å². The number of hydrogen-bond acceptors (Lipinski definition) is 3. The number of benzene rings is 1. The highest BCUT2D eigenvalue weighted by Crippen LogP contribution is 2.53. The summed E-state index contributed by atoms with van der Waals surface area (Å²) >= 11 is 12.0. The first kappa shape index (κ1) is 24.6. The Bertz CT molecular complexity index is 1060. The SMILES string of the molecule is CC1(C)CC(=O)C2=C(C1)N(c1ccc(Cl)c(Cl)c1)C(=O)C2(NC(=O)C(C)(C)C)C(F)(F)F. The van der Waals surface area contributed by atoms with Crippen molar-refractivity contribution in [1.29, 1.82) is 0 Å². The molecule has 2 aliphatic rings. The highest BCUT2D eigenvalue weighted by atomic mass is 35.5. The molecule has 10 heteroatoms. The average molecular weight is 491 g/mol. The lowest BCUT2D eigenvalue weighted by molar-refractivity contribution is -0.191. The van der Waals surface area contributed by atoms with Crippen molar-refractivity contribution in [3.63, 3.8) is 0 Å². The largest absolute Gasteiger partial charge is 0.425 e. The molecule has 1 aromatic rings. The Morgan fingerprint density at radius 3 is 2.16 bits per heavy atom. The normalized spacial score (nSPS) is 23.5. The number of Topliss-reactive ketones (excluding diaryl/α,β-unsaturated/α-hetero) is 1. The van der Waals surface area contributed by atoms with Gasteiger partial charge in [0.15, 0.2) is 5.78 Å². The quantitative estimate of drug-likeness (QED) is 0.599. The van der Waals surface area contributed by atoms with Crippen molar-refractivity contribution in [3.8, 4) is 0 Å². The Balaban J connectivity index is 2.33. The summed E-state index contributed by atoms with van der Waals surface area (Å²) in [7, 11) is 0. The third-order valence-electron chi connectivity index (χ3n) is 5.59. The summed E-state index contributed by atoms with van der Waals surface area (Å²) in [4.78, 5) is 40.2. The van der Waals surface area contributed by atoms with Crippen molar-refractivity contribution in [3.05, 3.63) is 39.5 Å². The number of ketones is 1. The van der Waals surface area contributed by atoms with Crippen LogP contribution in [0.15, 0.2) is 29.5 Å². The molecule has 1 N–H and O–H groups in total. The third-order valence-corrected chi connectivity index (χ3v) is 6.33. The molecule has 174 valence electrons. The van der Waals surface area contributed by atoms with E-state index >= 15 is 0 Å². The van der Waals surface area contributed by atoms with Crippen molar-refractivity contribution in [2.75, 3.05) is 4.90 Å². The van der Waals surface area contributed by atoms with E-state index in [-0.39, 0.29) is 34.3 Å². The molecule has 0 bridgehead atoms. The van der Waals surface area contributed by atoms with Crippen molar-refractivity contribution < 1.29 is 27.6 Å². The van der Waals surface area contributed by atoms with Gasteiger partial charge in [-0.05, 0) is 30.0 Å². The van der Waals surface area contributed by atoms with Crippen molar-refractivity contribution >= 4 is 46.5 Å². The molecule has 1 unspecified atom stereocenters. The Morgan fingerprint density at radius 1 is 1.06 bits per heavy atom. The third kappa shape index (κ3) is 3.81. The van der Waals surface area contributed by atoms with Crippen LogP contribution < -0.4 is 10.2 Å². The second-order valence-electron chi connectivity index (χ2n) is 9.95. The second-order valence-corrected chi connectivity index (χ2v) is 10.8. The minimum Gasteiger partial charge on any atom is -0.330 e. The predicted molar refractivity (Wildman–Crippen MR) is 115 cm³/mol. The number of nitrogens with one attached hydrogen (secondary N) is 1. The van der Waals surface area contributed by atoms with Crippen LogP contribution in [0.1, 0.15) is 47.5 Å². The van der Waals surface area contributed by atoms with Gasteiger partial charge in [0.1, 0.15) is 0 Å². The minimum absolute atomic E-state index is 0.0171. The van der Waals surface area contributed by atoms with Crippen LogP contribution in [0.2, 0.25) is 10.0 Å². The zero-order chi connectivity index (χ0) is 24.4. The van der Waals surface area contributed by atoms with Crippen LogP contribution in [0.4, 0.5) is 18.9 Å². The number of nitrogens with zero attached hydrogens (tertiary/aromatic N) is 1. The zero-order valence-corrected chi connectivity index (χ0v) is 19.7. The molecule has 1 heterocycles. The van der Waals surface area contributed by atoms with E-state index in [2.05, 4.69) is 0 Å². The first-order chi connectivity index (χ1) is 14.4. The van der Waals surface area contributed by atoms with E-state index in [0.717, 1.165) is 4.90 Å². The van der Waals surface area contributed by atoms with Crippen molar-refractivity contribution in [2.45, 2.75) is 59.2 Å². The number of alkyl halides is 3. The fourth-order valence-electron chi connectivity index (χ4n) is 4.01. The first-order valence-electron chi connectivity index (χ1n) is 9.88. The number of hydrogen-bond donors (Lipinski definition) is 1. The molecule has 1 atom stereocenters. The van der Waals surface area contributed by atoms with E-state index in [4.69, 9.17) is 23.2 Å². The minimum atomic E-state index is -5.27. The Morgan fingerprint density at radius 2 is 1.66 bits per heavy atom. The van der Waals surface area contributed by atoms with Crippen LogP contribution in [0.25, 0.3) is 0 Å². The van der Waals surface area contributed by atoms with Gasteiger partial charge < -0.3 is 5.32 Å². The molecule has 0 aromatic heterocycles. The van der Waals surface area contributed by atoms with Gasteiger partial charge in [-0.2, -0.15) is 13.2 Å². The second kappa shape index (κ2) is 7.48. The van der Waals surface area contributed by atoms with Crippen LogP contribution in [-0.4, -0.2) is 29.3 Å². The summed E-state index contributed by atoms with van der Waals surface area (Å²) in [5, 5.41) is 2.10. The van der Waals surface area contributed by atoms with Gasteiger partial charge in [-0.25, -0.2) is 0 Å². The zero-order valence-electron chi connectivity index (χ0n) is 18.2. The van der Waals surface area contributed by atoms with E-state index in [0.29, 0.717) is 0 Å². The van der Waals surface area contributed by atoms with E-state index in [1.165, 1.54) is 39.0 Å². The van der Waals surface area contributed by atoms with Gasteiger partial charge in [0, 0.05) is 17.5 Å². The van der Waals surface area contributed by atoms with E-state index in [9.17, 15) is 27.6 Å². The Labute approximate surface area is 193 Å². The molecule has 1 aromatic carbocycles. The number of carbonyl (C=O) groups is 3.